The molecule has 6 nitrogen and oxygen atoms in total. The number of carbonyl (C=O) groups is 2. The van der Waals surface area contributed by atoms with Crippen molar-refractivity contribution in [1.29, 1.82) is 0 Å². The van der Waals surface area contributed by atoms with E-state index in [4.69, 9.17) is 5.11 Å². The fraction of sp³-hybridized carbons (Fsp3) is 0.308. The fourth-order valence-corrected chi connectivity index (χ4v) is 1.83. The summed E-state index contributed by atoms with van der Waals surface area (Å²) in [6, 6.07) is 3.87. The molecule has 0 bridgehead atoms. The third kappa shape index (κ3) is 3.31. The highest BCUT2D eigenvalue weighted by Gasteiger charge is 2.08. The first-order chi connectivity index (χ1) is 9.06. The minimum atomic E-state index is -0.927. The minimum absolute atomic E-state index is 0.0734. The van der Waals surface area contributed by atoms with E-state index in [-0.39, 0.29) is 25.3 Å². The van der Waals surface area contributed by atoms with Crippen LogP contribution in [-0.2, 0) is 16.0 Å². The van der Waals surface area contributed by atoms with E-state index in [2.05, 4.69) is 10.3 Å². The lowest BCUT2D eigenvalue weighted by Gasteiger charge is -2.00. The van der Waals surface area contributed by atoms with E-state index in [1.807, 2.05) is 29.7 Å². The Hall–Kier alpha value is -2.37. The Labute approximate surface area is 110 Å². The number of pyridine rings is 1. The highest BCUT2D eigenvalue weighted by atomic mass is 16.4. The van der Waals surface area contributed by atoms with Gasteiger partial charge in [-0.3, -0.25) is 9.59 Å². The molecule has 0 aromatic carbocycles. The maximum atomic E-state index is 11.6. The molecule has 2 aromatic heterocycles. The van der Waals surface area contributed by atoms with Crippen LogP contribution in [0.4, 0.5) is 0 Å². The van der Waals surface area contributed by atoms with E-state index >= 15 is 0 Å². The quantitative estimate of drug-likeness (QED) is 0.833. The summed E-state index contributed by atoms with van der Waals surface area (Å²) in [6.45, 7) is 2.10. The molecule has 0 aliphatic rings. The number of aryl methyl sites for hydroxylation is 1. The maximum Gasteiger partial charge on any atom is 0.305 e. The van der Waals surface area contributed by atoms with Crippen LogP contribution < -0.4 is 5.32 Å². The Morgan fingerprint density at radius 2 is 2.26 bits per heavy atom. The second-order valence-electron chi connectivity index (χ2n) is 4.32. The van der Waals surface area contributed by atoms with Gasteiger partial charge >= 0.3 is 5.97 Å². The van der Waals surface area contributed by atoms with E-state index in [0.717, 1.165) is 11.2 Å². The molecule has 6 heteroatoms. The number of carboxylic acids is 1. The molecule has 0 fully saturated rings. The van der Waals surface area contributed by atoms with Crippen molar-refractivity contribution in [1.82, 2.24) is 14.7 Å². The molecule has 0 unspecified atom stereocenters. The Morgan fingerprint density at radius 3 is 2.95 bits per heavy atom. The minimum Gasteiger partial charge on any atom is -0.481 e. The van der Waals surface area contributed by atoms with Crippen molar-refractivity contribution < 1.29 is 14.7 Å². The zero-order valence-corrected chi connectivity index (χ0v) is 10.6. The van der Waals surface area contributed by atoms with Crippen LogP contribution in [0.1, 0.15) is 17.7 Å². The van der Waals surface area contributed by atoms with Gasteiger partial charge in [0.2, 0.25) is 5.91 Å². The molecule has 2 aromatic rings. The van der Waals surface area contributed by atoms with Crippen LogP contribution in [0.5, 0.6) is 0 Å². The molecule has 2 rings (SSSR count). The third-order valence-electron chi connectivity index (χ3n) is 2.73. The molecule has 0 saturated carbocycles. The van der Waals surface area contributed by atoms with Crippen LogP contribution in [0.15, 0.2) is 24.5 Å². The zero-order chi connectivity index (χ0) is 13.8. The summed E-state index contributed by atoms with van der Waals surface area (Å²) in [6.07, 6.45) is 3.76. The number of aromatic nitrogens is 2. The van der Waals surface area contributed by atoms with E-state index in [1.54, 1.807) is 6.20 Å². The standard InChI is InChI=1S/C13H15N3O3/c1-9-3-2-6-16-8-10(15-13(9)16)7-11(17)14-5-4-12(18)19/h2-3,6,8H,4-5,7H2,1H3,(H,14,17)(H,18,19). The average molecular weight is 261 g/mol. The SMILES string of the molecule is Cc1cccn2cc(CC(=O)NCCC(=O)O)nc12. The van der Waals surface area contributed by atoms with Crippen molar-refractivity contribution in [3.8, 4) is 0 Å². The van der Waals surface area contributed by atoms with Crippen LogP contribution in [0.3, 0.4) is 0 Å². The van der Waals surface area contributed by atoms with Gasteiger partial charge in [0.15, 0.2) is 0 Å². The first-order valence-corrected chi connectivity index (χ1v) is 5.98. The summed E-state index contributed by atoms with van der Waals surface area (Å²) in [5, 5.41) is 11.0. The number of carbonyl (C=O) groups excluding carboxylic acids is 1. The number of carboxylic acid groups (broad SMARTS) is 1. The number of amides is 1. The second kappa shape index (κ2) is 5.51. The highest BCUT2D eigenvalue weighted by Crippen LogP contribution is 2.10. The molecular formula is C13H15N3O3. The first kappa shape index (κ1) is 13.1. The Balaban J connectivity index is 1.99. The normalized spacial score (nSPS) is 10.6. The maximum absolute atomic E-state index is 11.6. The van der Waals surface area contributed by atoms with Crippen molar-refractivity contribution in [3.63, 3.8) is 0 Å². The topological polar surface area (TPSA) is 83.7 Å². The fourth-order valence-electron chi connectivity index (χ4n) is 1.83. The third-order valence-corrected chi connectivity index (χ3v) is 2.73. The molecule has 0 atom stereocenters. The van der Waals surface area contributed by atoms with E-state index in [1.165, 1.54) is 0 Å². The van der Waals surface area contributed by atoms with Crippen molar-refractivity contribution in [3.05, 3.63) is 35.8 Å². The number of aliphatic carboxylic acids is 1. The van der Waals surface area contributed by atoms with Gasteiger partial charge < -0.3 is 14.8 Å². The zero-order valence-electron chi connectivity index (χ0n) is 10.6. The molecule has 0 aliphatic carbocycles. The molecule has 0 spiro atoms. The van der Waals surface area contributed by atoms with Crippen LogP contribution in [0.2, 0.25) is 0 Å². The average Bonchev–Trinajstić information content (AvgIpc) is 2.72. The molecule has 100 valence electrons. The molecule has 19 heavy (non-hydrogen) atoms. The van der Waals surface area contributed by atoms with Gasteiger partial charge in [0.1, 0.15) is 5.65 Å². The van der Waals surface area contributed by atoms with Gasteiger partial charge in [-0.2, -0.15) is 0 Å². The van der Waals surface area contributed by atoms with Crippen molar-refractivity contribution in [2.24, 2.45) is 0 Å². The van der Waals surface area contributed by atoms with Crippen LogP contribution in [-0.4, -0.2) is 32.9 Å². The molecule has 2 heterocycles. The summed E-state index contributed by atoms with van der Waals surface area (Å²) in [7, 11) is 0. The van der Waals surface area contributed by atoms with Gasteiger partial charge in [-0.25, -0.2) is 4.98 Å². The molecule has 0 saturated heterocycles. The van der Waals surface area contributed by atoms with E-state index < -0.39 is 5.97 Å². The number of rotatable bonds is 5. The summed E-state index contributed by atoms with van der Waals surface area (Å²) in [4.78, 5) is 26.3. The largest absolute Gasteiger partial charge is 0.481 e. The first-order valence-electron chi connectivity index (χ1n) is 5.98. The smallest absolute Gasteiger partial charge is 0.305 e. The Kier molecular flexibility index (Phi) is 3.79. The number of hydrogen-bond acceptors (Lipinski definition) is 3. The van der Waals surface area contributed by atoms with Gasteiger partial charge in [0.25, 0.3) is 0 Å². The Bertz CT molecular complexity index is 619. The van der Waals surface area contributed by atoms with Crippen LogP contribution >= 0.6 is 0 Å². The number of imidazole rings is 1. The number of fused-ring (bicyclic) bond motifs is 1. The van der Waals surface area contributed by atoms with Gasteiger partial charge in [-0.05, 0) is 18.6 Å². The summed E-state index contributed by atoms with van der Waals surface area (Å²) in [5.41, 5.74) is 2.54. The van der Waals surface area contributed by atoms with Gasteiger partial charge in [0, 0.05) is 18.9 Å². The molecule has 0 aliphatic heterocycles. The Morgan fingerprint density at radius 1 is 1.47 bits per heavy atom. The van der Waals surface area contributed by atoms with Gasteiger partial charge in [-0.1, -0.05) is 6.07 Å². The molecule has 2 N–H and O–H groups in total. The summed E-state index contributed by atoms with van der Waals surface area (Å²) >= 11 is 0. The molecule has 1 amide bonds. The van der Waals surface area contributed by atoms with Crippen molar-refractivity contribution in [2.45, 2.75) is 19.8 Å². The van der Waals surface area contributed by atoms with Crippen LogP contribution in [0, 0.1) is 6.92 Å². The van der Waals surface area contributed by atoms with Gasteiger partial charge in [-0.15, -0.1) is 0 Å². The van der Waals surface area contributed by atoms with Crippen LogP contribution in [0.25, 0.3) is 5.65 Å². The van der Waals surface area contributed by atoms with E-state index in [0.29, 0.717) is 5.69 Å². The highest BCUT2D eigenvalue weighted by molar-refractivity contribution is 5.79. The molecular weight excluding hydrogens is 246 g/mol. The predicted octanol–water partition coefficient (Wildman–Crippen LogP) is 0.776. The molecule has 0 radical (unpaired) electrons. The summed E-state index contributed by atoms with van der Waals surface area (Å²) < 4.78 is 1.87. The van der Waals surface area contributed by atoms with Gasteiger partial charge in [0.05, 0.1) is 18.5 Å². The number of nitrogens with one attached hydrogen (secondary N) is 1. The van der Waals surface area contributed by atoms with Crippen molar-refractivity contribution >= 4 is 17.5 Å². The predicted molar refractivity (Wildman–Crippen MR) is 68.9 cm³/mol. The lowest BCUT2D eigenvalue weighted by Crippen LogP contribution is -2.27. The second-order valence-corrected chi connectivity index (χ2v) is 4.32. The monoisotopic (exact) mass is 261 g/mol. The summed E-state index contributed by atoms with van der Waals surface area (Å²) in [5.74, 6) is -1.15. The van der Waals surface area contributed by atoms with Crippen molar-refractivity contribution in [2.75, 3.05) is 6.54 Å². The lowest BCUT2D eigenvalue weighted by molar-refractivity contribution is -0.136. The number of hydrogen-bond donors (Lipinski definition) is 2. The van der Waals surface area contributed by atoms with E-state index in [9.17, 15) is 9.59 Å². The number of nitrogens with zero attached hydrogens (tertiary/aromatic N) is 2. The lowest BCUT2D eigenvalue weighted by atomic mass is 10.3.